The van der Waals surface area contributed by atoms with E-state index in [0.717, 1.165) is 50.2 Å². The first-order chi connectivity index (χ1) is 9.00. The molecule has 1 unspecified atom stereocenters. The first kappa shape index (κ1) is 14.2. The van der Waals surface area contributed by atoms with Crippen molar-refractivity contribution in [1.29, 1.82) is 0 Å². The highest BCUT2D eigenvalue weighted by Gasteiger charge is 2.30. The van der Waals surface area contributed by atoms with Gasteiger partial charge < -0.3 is 10.6 Å². The van der Waals surface area contributed by atoms with Gasteiger partial charge in [0.2, 0.25) is 0 Å². The van der Waals surface area contributed by atoms with Gasteiger partial charge in [0.25, 0.3) is 0 Å². The van der Waals surface area contributed by atoms with Crippen LogP contribution in [0.1, 0.15) is 24.8 Å². The van der Waals surface area contributed by atoms with E-state index in [9.17, 15) is 13.2 Å². The summed E-state index contributed by atoms with van der Waals surface area (Å²) in [5.41, 5.74) is 5.85. The molecule has 2 N–H and O–H groups in total. The van der Waals surface area contributed by atoms with Crippen LogP contribution in [0.5, 0.6) is 0 Å². The van der Waals surface area contributed by atoms with E-state index in [1.807, 2.05) is 0 Å². The Labute approximate surface area is 111 Å². The maximum Gasteiger partial charge on any atom is 0.416 e. The van der Waals surface area contributed by atoms with Gasteiger partial charge in [-0.2, -0.15) is 13.2 Å². The summed E-state index contributed by atoms with van der Waals surface area (Å²) in [5, 5.41) is 0. The number of nitrogens with zero attached hydrogens (tertiary/aromatic N) is 1. The Morgan fingerprint density at radius 1 is 1.21 bits per heavy atom. The van der Waals surface area contributed by atoms with Crippen LogP contribution in [-0.4, -0.2) is 19.6 Å². The fourth-order valence-corrected chi connectivity index (χ4v) is 2.63. The molecule has 0 aliphatic carbocycles. The zero-order chi connectivity index (χ0) is 13.9. The number of halogens is 3. The molecule has 1 atom stereocenters. The molecular formula is C14H19F3N2. The molecular weight excluding hydrogens is 253 g/mol. The molecule has 0 aromatic heterocycles. The van der Waals surface area contributed by atoms with Crippen LogP contribution >= 0.6 is 0 Å². The molecule has 19 heavy (non-hydrogen) atoms. The predicted molar refractivity (Wildman–Crippen MR) is 70.1 cm³/mol. The van der Waals surface area contributed by atoms with Gasteiger partial charge in [-0.25, -0.2) is 0 Å². The van der Waals surface area contributed by atoms with Crippen molar-refractivity contribution < 1.29 is 13.2 Å². The molecule has 1 saturated heterocycles. The predicted octanol–water partition coefficient (Wildman–Crippen LogP) is 3.27. The van der Waals surface area contributed by atoms with Crippen molar-refractivity contribution in [2.75, 3.05) is 24.5 Å². The molecule has 1 aliphatic rings. The number of rotatable bonds is 3. The number of piperidine rings is 1. The molecule has 2 nitrogen and oxygen atoms in total. The van der Waals surface area contributed by atoms with Crippen molar-refractivity contribution in [3.8, 4) is 0 Å². The van der Waals surface area contributed by atoms with Gasteiger partial charge in [0.15, 0.2) is 0 Å². The van der Waals surface area contributed by atoms with Crippen LogP contribution in [0.3, 0.4) is 0 Å². The molecule has 0 bridgehead atoms. The van der Waals surface area contributed by atoms with Crippen molar-refractivity contribution in [1.82, 2.24) is 0 Å². The molecule has 2 rings (SSSR count). The van der Waals surface area contributed by atoms with Gasteiger partial charge in [-0.1, -0.05) is 0 Å². The van der Waals surface area contributed by atoms with Crippen LogP contribution < -0.4 is 10.6 Å². The highest BCUT2D eigenvalue weighted by Crippen LogP contribution is 2.31. The molecule has 0 spiro atoms. The van der Waals surface area contributed by atoms with Gasteiger partial charge in [-0.3, -0.25) is 0 Å². The number of nitrogens with two attached hydrogens (primary N) is 1. The second-order valence-electron chi connectivity index (χ2n) is 5.08. The molecule has 1 aliphatic heterocycles. The fraction of sp³-hybridized carbons (Fsp3) is 0.571. The van der Waals surface area contributed by atoms with Crippen LogP contribution in [0.25, 0.3) is 0 Å². The maximum absolute atomic E-state index is 12.5. The van der Waals surface area contributed by atoms with E-state index in [1.54, 1.807) is 12.1 Å². The third kappa shape index (κ3) is 3.62. The normalized spacial score (nSPS) is 20.6. The fourth-order valence-electron chi connectivity index (χ4n) is 2.63. The van der Waals surface area contributed by atoms with E-state index in [1.165, 1.54) is 0 Å². The van der Waals surface area contributed by atoms with E-state index in [4.69, 9.17) is 5.73 Å². The van der Waals surface area contributed by atoms with E-state index in [2.05, 4.69) is 4.90 Å². The third-order valence-corrected chi connectivity index (χ3v) is 3.65. The minimum absolute atomic E-state index is 0.557. The number of benzene rings is 1. The lowest BCUT2D eigenvalue weighted by Gasteiger charge is -2.34. The third-order valence-electron chi connectivity index (χ3n) is 3.65. The van der Waals surface area contributed by atoms with Crippen LogP contribution in [0.2, 0.25) is 0 Å². The quantitative estimate of drug-likeness (QED) is 0.915. The lowest BCUT2D eigenvalue weighted by molar-refractivity contribution is -0.137. The summed E-state index contributed by atoms with van der Waals surface area (Å²) in [4.78, 5) is 2.16. The standard InChI is InChI=1S/C14H19F3N2/c15-14(16,17)12-3-5-13(6-4-12)19-9-1-2-11(10-19)7-8-18/h3-6,11H,1-2,7-10,18H2. The summed E-state index contributed by atoms with van der Waals surface area (Å²) in [6.45, 7) is 2.47. The van der Waals surface area contributed by atoms with Crippen molar-refractivity contribution in [2.24, 2.45) is 11.7 Å². The molecule has 1 aromatic rings. The molecule has 106 valence electrons. The van der Waals surface area contributed by atoms with Crippen molar-refractivity contribution in [2.45, 2.75) is 25.4 Å². The summed E-state index contributed by atoms with van der Waals surface area (Å²) in [6.07, 6.45) is -1.04. The van der Waals surface area contributed by atoms with E-state index in [-0.39, 0.29) is 0 Å². The summed E-state index contributed by atoms with van der Waals surface area (Å²) >= 11 is 0. The van der Waals surface area contributed by atoms with Crippen LogP contribution in [0.15, 0.2) is 24.3 Å². The van der Waals surface area contributed by atoms with E-state index >= 15 is 0 Å². The SMILES string of the molecule is NCCC1CCCN(c2ccc(C(F)(F)F)cc2)C1. The highest BCUT2D eigenvalue weighted by molar-refractivity contribution is 5.48. The zero-order valence-electron chi connectivity index (χ0n) is 10.8. The molecule has 1 fully saturated rings. The Balaban J connectivity index is 2.05. The first-order valence-electron chi connectivity index (χ1n) is 6.63. The van der Waals surface area contributed by atoms with Gasteiger partial charge in [-0.05, 0) is 56.0 Å². The summed E-state index contributed by atoms with van der Waals surface area (Å²) < 4.78 is 37.5. The molecule has 5 heteroatoms. The van der Waals surface area contributed by atoms with Gasteiger partial charge in [0, 0.05) is 18.8 Å². The Kier molecular flexibility index (Phi) is 4.34. The Hall–Kier alpha value is -1.23. The average Bonchev–Trinajstić information content (AvgIpc) is 2.39. The molecule has 1 aromatic carbocycles. The lowest BCUT2D eigenvalue weighted by atomic mass is 9.94. The summed E-state index contributed by atoms with van der Waals surface area (Å²) in [7, 11) is 0. The van der Waals surface area contributed by atoms with Crippen molar-refractivity contribution >= 4 is 5.69 Å². The monoisotopic (exact) mass is 272 g/mol. The van der Waals surface area contributed by atoms with E-state index < -0.39 is 11.7 Å². The lowest BCUT2D eigenvalue weighted by Crippen LogP contribution is -2.36. The van der Waals surface area contributed by atoms with Gasteiger partial charge >= 0.3 is 6.18 Å². The topological polar surface area (TPSA) is 29.3 Å². The second kappa shape index (κ2) is 5.82. The molecule has 1 heterocycles. The van der Waals surface area contributed by atoms with Gasteiger partial charge in [0.05, 0.1) is 5.56 Å². The summed E-state index contributed by atoms with van der Waals surface area (Å²) in [6, 6.07) is 5.44. The number of hydrogen-bond donors (Lipinski definition) is 1. The summed E-state index contributed by atoms with van der Waals surface area (Å²) in [5.74, 6) is 0.557. The number of hydrogen-bond acceptors (Lipinski definition) is 2. The smallest absolute Gasteiger partial charge is 0.371 e. The Morgan fingerprint density at radius 2 is 1.89 bits per heavy atom. The zero-order valence-corrected chi connectivity index (χ0v) is 10.8. The molecule has 0 saturated carbocycles. The Bertz CT molecular complexity index is 398. The highest BCUT2D eigenvalue weighted by atomic mass is 19.4. The largest absolute Gasteiger partial charge is 0.416 e. The molecule has 0 radical (unpaired) electrons. The number of alkyl halides is 3. The van der Waals surface area contributed by atoms with Crippen molar-refractivity contribution in [3.05, 3.63) is 29.8 Å². The van der Waals surface area contributed by atoms with Crippen LogP contribution in [-0.2, 0) is 6.18 Å². The number of anilines is 1. The first-order valence-corrected chi connectivity index (χ1v) is 6.63. The van der Waals surface area contributed by atoms with E-state index in [0.29, 0.717) is 12.5 Å². The van der Waals surface area contributed by atoms with Crippen LogP contribution in [0.4, 0.5) is 18.9 Å². The second-order valence-corrected chi connectivity index (χ2v) is 5.08. The van der Waals surface area contributed by atoms with Crippen LogP contribution in [0, 0.1) is 5.92 Å². The maximum atomic E-state index is 12.5. The van der Waals surface area contributed by atoms with Gasteiger partial charge in [-0.15, -0.1) is 0 Å². The minimum Gasteiger partial charge on any atom is -0.371 e. The molecule has 0 amide bonds. The van der Waals surface area contributed by atoms with Crippen molar-refractivity contribution in [3.63, 3.8) is 0 Å². The average molecular weight is 272 g/mol. The Morgan fingerprint density at radius 3 is 2.47 bits per heavy atom. The van der Waals surface area contributed by atoms with Gasteiger partial charge in [0.1, 0.15) is 0 Å². The minimum atomic E-state index is -4.26.